The molecule has 1 heterocycles. The number of para-hydroxylation sites is 1. The van der Waals surface area contributed by atoms with E-state index in [1.165, 1.54) is 18.2 Å². The van der Waals surface area contributed by atoms with Gasteiger partial charge in [0.25, 0.3) is 10.1 Å². The van der Waals surface area contributed by atoms with E-state index in [4.69, 9.17) is 0 Å². The first-order valence-electron chi connectivity index (χ1n) is 12.9. The summed E-state index contributed by atoms with van der Waals surface area (Å²) in [5.74, 6) is -1.63. The van der Waals surface area contributed by atoms with Crippen molar-refractivity contribution < 1.29 is 103 Å². The van der Waals surface area contributed by atoms with Crippen LogP contribution in [0.15, 0.2) is 71.2 Å². The minimum atomic E-state index is -4.73. The molecular formula is C28H32NNa2O9S3+. The van der Waals surface area contributed by atoms with Gasteiger partial charge >= 0.3 is 59.1 Å². The molecule has 2 aromatic rings. The molecule has 0 spiro atoms. The molecule has 1 N–H and O–H groups in total. The third-order valence-corrected chi connectivity index (χ3v) is 10.3. The fourth-order valence-electron chi connectivity index (χ4n) is 6.02. The topological polar surface area (TPSA) is 172 Å². The van der Waals surface area contributed by atoms with Crippen molar-refractivity contribution in [2.24, 2.45) is 0 Å². The summed E-state index contributed by atoms with van der Waals surface area (Å²) >= 11 is 0. The summed E-state index contributed by atoms with van der Waals surface area (Å²) < 4.78 is 104. The minimum absolute atomic E-state index is 0. The van der Waals surface area contributed by atoms with Crippen LogP contribution in [0, 0.1) is 0 Å². The zero-order valence-corrected chi connectivity index (χ0v) is 31.5. The van der Waals surface area contributed by atoms with Crippen molar-refractivity contribution in [3.63, 3.8) is 0 Å². The Kier molecular flexibility index (Phi) is 12.2. The summed E-state index contributed by atoms with van der Waals surface area (Å²) in [6.45, 7) is 7.67. The van der Waals surface area contributed by atoms with Gasteiger partial charge in [0.15, 0.2) is 12.3 Å². The molecule has 1 unspecified atom stereocenters. The van der Waals surface area contributed by atoms with Crippen molar-refractivity contribution in [1.82, 2.24) is 0 Å². The van der Waals surface area contributed by atoms with Crippen molar-refractivity contribution in [3.05, 3.63) is 83.0 Å². The summed E-state index contributed by atoms with van der Waals surface area (Å²) in [5, 5.41) is 0. The molecule has 1 aliphatic carbocycles. The van der Waals surface area contributed by atoms with Crippen LogP contribution in [0.1, 0.15) is 56.7 Å². The second-order valence-corrected chi connectivity index (χ2v) is 15.9. The molecule has 10 nitrogen and oxygen atoms in total. The van der Waals surface area contributed by atoms with Crippen LogP contribution in [-0.2, 0) is 41.2 Å². The first-order chi connectivity index (χ1) is 18.7. The number of allylic oxidation sites excluding steroid dienone is 4. The minimum Gasteiger partial charge on any atom is -0.748 e. The van der Waals surface area contributed by atoms with E-state index in [1.54, 1.807) is 12.2 Å². The molecule has 15 heteroatoms. The van der Waals surface area contributed by atoms with Gasteiger partial charge in [0.05, 0.1) is 20.4 Å². The standard InChI is InChI=1S/C28H33NO9S3.2Na/c1-27(2)22(21(14-16-39(30,31)32)20-13-12-19(18-24(20)27)41(36,37)38)9-7-11-26-28(3,4)23-8-5-6-10-25(23)29(26)15-17-40(33,34)35;;/h5-13,18,21H,14-17H2,1-4H3,(H2-,30,31,32,33,34,35,36,37,38);;/q;2*+1/p-1/b11-7?,22-9-;;. The molecule has 1 atom stereocenters. The van der Waals surface area contributed by atoms with Crippen LogP contribution in [0.25, 0.3) is 0 Å². The van der Waals surface area contributed by atoms with Crippen LogP contribution < -0.4 is 59.1 Å². The van der Waals surface area contributed by atoms with E-state index in [2.05, 4.69) is 0 Å². The first kappa shape index (κ1) is 38.5. The maximum atomic E-state index is 11.7. The van der Waals surface area contributed by atoms with Crippen LogP contribution in [-0.4, -0.2) is 67.2 Å². The number of nitrogens with zero attached hydrogens (tertiary/aromatic N) is 1. The average Bonchev–Trinajstić information content (AvgIpc) is 3.18. The van der Waals surface area contributed by atoms with E-state index >= 15 is 0 Å². The predicted octanol–water partition coefficient (Wildman–Crippen LogP) is -2.64. The van der Waals surface area contributed by atoms with Gasteiger partial charge in [0.1, 0.15) is 15.9 Å². The van der Waals surface area contributed by atoms with E-state index in [1.807, 2.05) is 62.6 Å². The Morgan fingerprint density at radius 2 is 1.51 bits per heavy atom. The average molecular weight is 669 g/mol. The smallest absolute Gasteiger partial charge is 0.748 e. The number of benzene rings is 2. The van der Waals surface area contributed by atoms with Gasteiger partial charge in [0.2, 0.25) is 5.69 Å². The molecule has 222 valence electrons. The van der Waals surface area contributed by atoms with Crippen LogP contribution in [0.3, 0.4) is 0 Å². The van der Waals surface area contributed by atoms with Crippen LogP contribution in [0.5, 0.6) is 0 Å². The maximum absolute atomic E-state index is 11.7. The largest absolute Gasteiger partial charge is 1.00 e. The second kappa shape index (κ2) is 13.6. The molecule has 1 aliphatic heterocycles. The Labute approximate surface area is 298 Å². The maximum Gasteiger partial charge on any atom is 1.00 e. The van der Waals surface area contributed by atoms with Crippen molar-refractivity contribution in [2.75, 3.05) is 18.1 Å². The first-order valence-corrected chi connectivity index (χ1v) is 17.5. The molecule has 0 saturated heterocycles. The summed E-state index contributed by atoms with van der Waals surface area (Å²) in [7, 11) is -13.5. The molecule has 0 aromatic heterocycles. The number of hydrogen-bond acceptors (Lipinski definition) is 8. The zero-order chi connectivity index (χ0) is 30.6. The molecular weight excluding hydrogens is 636 g/mol. The fourth-order valence-corrected chi connectivity index (χ4v) is 7.46. The van der Waals surface area contributed by atoms with E-state index in [-0.39, 0.29) is 72.1 Å². The Hall–Kier alpha value is -0.680. The Bertz CT molecular complexity index is 1830. The molecule has 0 saturated carbocycles. The van der Waals surface area contributed by atoms with E-state index in [0.717, 1.165) is 22.5 Å². The van der Waals surface area contributed by atoms with Crippen molar-refractivity contribution >= 4 is 41.8 Å². The van der Waals surface area contributed by atoms with Gasteiger partial charge in [-0.3, -0.25) is 4.55 Å². The van der Waals surface area contributed by atoms with Crippen LogP contribution in [0.4, 0.5) is 5.69 Å². The third kappa shape index (κ3) is 8.38. The number of rotatable bonds is 9. The van der Waals surface area contributed by atoms with E-state index < -0.39 is 63.5 Å². The summed E-state index contributed by atoms with van der Waals surface area (Å²) in [4.78, 5) is -0.396. The van der Waals surface area contributed by atoms with Crippen LogP contribution in [0.2, 0.25) is 0 Å². The molecule has 0 radical (unpaired) electrons. The normalized spacial score (nSPS) is 20.1. The SMILES string of the molecule is CC1(C)C(C=C/C=C2/C(CCS(=O)(=O)[O-])c3ccc(S(=O)(=O)[O-])cc3C2(C)C)=[N+](CCS(=O)(=O)O)c2ccccc21.[Na+].[Na+]. The van der Waals surface area contributed by atoms with Gasteiger partial charge in [-0.15, -0.1) is 0 Å². The predicted molar refractivity (Wildman–Crippen MR) is 152 cm³/mol. The zero-order valence-electron chi connectivity index (χ0n) is 25.1. The van der Waals surface area contributed by atoms with Gasteiger partial charge in [-0.05, 0) is 43.5 Å². The van der Waals surface area contributed by atoms with Crippen molar-refractivity contribution in [1.29, 1.82) is 0 Å². The third-order valence-electron chi connectivity index (χ3n) is 8.02. The van der Waals surface area contributed by atoms with Gasteiger partial charge in [-0.1, -0.05) is 55.8 Å². The summed E-state index contributed by atoms with van der Waals surface area (Å²) in [6, 6.07) is 11.5. The summed E-state index contributed by atoms with van der Waals surface area (Å²) in [5.41, 5.74) is 3.15. The second-order valence-electron chi connectivity index (χ2n) is 11.4. The molecule has 4 rings (SSSR count). The quantitative estimate of drug-likeness (QED) is 0.170. The molecule has 0 fully saturated rings. The van der Waals surface area contributed by atoms with Crippen LogP contribution >= 0.6 is 0 Å². The molecule has 43 heavy (non-hydrogen) atoms. The molecule has 2 aromatic carbocycles. The van der Waals surface area contributed by atoms with Crippen molar-refractivity contribution in [3.8, 4) is 0 Å². The van der Waals surface area contributed by atoms with E-state index in [9.17, 15) is 38.9 Å². The Balaban J connectivity index is 0.00000323. The van der Waals surface area contributed by atoms with Gasteiger partial charge < -0.3 is 9.11 Å². The molecule has 2 aliphatic rings. The monoisotopic (exact) mass is 668 g/mol. The molecule has 0 bridgehead atoms. The number of fused-ring (bicyclic) bond motifs is 2. The van der Waals surface area contributed by atoms with E-state index in [0.29, 0.717) is 11.1 Å². The Morgan fingerprint density at radius 3 is 2.09 bits per heavy atom. The van der Waals surface area contributed by atoms with Crippen molar-refractivity contribution in [2.45, 2.75) is 55.8 Å². The van der Waals surface area contributed by atoms with Gasteiger partial charge in [-0.2, -0.15) is 13.0 Å². The Morgan fingerprint density at radius 1 is 0.884 bits per heavy atom. The molecule has 0 amide bonds. The number of hydrogen-bond donors (Lipinski definition) is 1. The fraction of sp³-hybridized carbons (Fsp3) is 0.393. The summed E-state index contributed by atoms with van der Waals surface area (Å²) in [6.07, 6.45) is 5.35. The van der Waals surface area contributed by atoms with Gasteiger partial charge in [0, 0.05) is 34.8 Å². The van der Waals surface area contributed by atoms with Gasteiger partial charge in [-0.25, -0.2) is 16.8 Å².